The zero-order valence-electron chi connectivity index (χ0n) is 7.43. The molecule has 0 saturated heterocycles. The molecule has 0 aliphatic rings. The van der Waals surface area contributed by atoms with Gasteiger partial charge in [0.15, 0.2) is 0 Å². The summed E-state index contributed by atoms with van der Waals surface area (Å²) in [6.07, 6.45) is 1.34. The SMILES string of the molecule is CC(C)N(C)C(=O)CCCCl. The van der Waals surface area contributed by atoms with Gasteiger partial charge in [-0.1, -0.05) is 0 Å². The minimum absolute atomic E-state index is 0.181. The molecular formula is C8H16ClNO. The van der Waals surface area contributed by atoms with E-state index in [1.165, 1.54) is 0 Å². The van der Waals surface area contributed by atoms with Crippen LogP contribution in [0.1, 0.15) is 26.7 Å². The minimum Gasteiger partial charge on any atom is -0.343 e. The van der Waals surface area contributed by atoms with E-state index >= 15 is 0 Å². The lowest BCUT2D eigenvalue weighted by Gasteiger charge is -2.20. The van der Waals surface area contributed by atoms with Crippen LogP contribution >= 0.6 is 11.6 Å². The van der Waals surface area contributed by atoms with Crippen LogP contribution in [0.5, 0.6) is 0 Å². The first-order chi connectivity index (χ1) is 5.09. The van der Waals surface area contributed by atoms with Crippen molar-refractivity contribution in [2.75, 3.05) is 12.9 Å². The minimum atomic E-state index is 0.181. The molecule has 0 heterocycles. The van der Waals surface area contributed by atoms with E-state index in [0.29, 0.717) is 12.3 Å². The van der Waals surface area contributed by atoms with Gasteiger partial charge in [-0.05, 0) is 20.3 Å². The Bertz CT molecular complexity index is 125. The van der Waals surface area contributed by atoms with Crippen LogP contribution in [0.25, 0.3) is 0 Å². The maximum absolute atomic E-state index is 11.2. The lowest BCUT2D eigenvalue weighted by molar-refractivity contribution is -0.131. The summed E-state index contributed by atoms with van der Waals surface area (Å²) < 4.78 is 0. The van der Waals surface area contributed by atoms with E-state index in [2.05, 4.69) is 0 Å². The van der Waals surface area contributed by atoms with E-state index in [1.54, 1.807) is 4.90 Å². The summed E-state index contributed by atoms with van der Waals surface area (Å²) in [7, 11) is 1.82. The summed E-state index contributed by atoms with van der Waals surface area (Å²) in [4.78, 5) is 13.0. The predicted octanol–water partition coefficient (Wildman–Crippen LogP) is 1.87. The average molecular weight is 178 g/mol. The molecule has 0 rings (SSSR count). The van der Waals surface area contributed by atoms with Crippen LogP contribution < -0.4 is 0 Å². The molecule has 0 unspecified atom stereocenters. The lowest BCUT2D eigenvalue weighted by atomic mass is 10.2. The highest BCUT2D eigenvalue weighted by Gasteiger charge is 2.10. The van der Waals surface area contributed by atoms with Crippen LogP contribution in [0.15, 0.2) is 0 Å². The molecule has 0 atom stereocenters. The molecule has 0 radical (unpaired) electrons. The van der Waals surface area contributed by atoms with Crippen LogP contribution in [0.2, 0.25) is 0 Å². The van der Waals surface area contributed by atoms with Crippen molar-refractivity contribution in [2.24, 2.45) is 0 Å². The maximum Gasteiger partial charge on any atom is 0.222 e. The Balaban J connectivity index is 3.64. The number of nitrogens with zero attached hydrogens (tertiary/aromatic N) is 1. The summed E-state index contributed by atoms with van der Waals surface area (Å²) in [5.41, 5.74) is 0. The van der Waals surface area contributed by atoms with Crippen molar-refractivity contribution in [1.82, 2.24) is 4.90 Å². The summed E-state index contributed by atoms with van der Waals surface area (Å²) in [5.74, 6) is 0.748. The Morgan fingerprint density at radius 1 is 1.55 bits per heavy atom. The van der Waals surface area contributed by atoms with Gasteiger partial charge < -0.3 is 4.90 Å². The second-order valence-corrected chi connectivity index (χ2v) is 3.27. The number of carbonyl (C=O) groups excluding carboxylic acids is 1. The van der Waals surface area contributed by atoms with Crippen molar-refractivity contribution in [2.45, 2.75) is 32.7 Å². The zero-order chi connectivity index (χ0) is 8.85. The summed E-state index contributed by atoms with van der Waals surface area (Å²) >= 11 is 5.46. The predicted molar refractivity (Wildman–Crippen MR) is 47.9 cm³/mol. The molecule has 11 heavy (non-hydrogen) atoms. The van der Waals surface area contributed by atoms with Crippen LogP contribution in [0.3, 0.4) is 0 Å². The second kappa shape index (κ2) is 5.42. The normalized spacial score (nSPS) is 10.3. The van der Waals surface area contributed by atoms with Gasteiger partial charge in [0.1, 0.15) is 0 Å². The smallest absolute Gasteiger partial charge is 0.222 e. The van der Waals surface area contributed by atoms with Crippen molar-refractivity contribution in [3.05, 3.63) is 0 Å². The van der Waals surface area contributed by atoms with Gasteiger partial charge in [0.25, 0.3) is 0 Å². The molecule has 0 spiro atoms. The van der Waals surface area contributed by atoms with Gasteiger partial charge in [0.05, 0.1) is 0 Å². The molecule has 66 valence electrons. The van der Waals surface area contributed by atoms with Crippen molar-refractivity contribution in [3.63, 3.8) is 0 Å². The second-order valence-electron chi connectivity index (χ2n) is 2.89. The largest absolute Gasteiger partial charge is 0.343 e. The fraction of sp³-hybridized carbons (Fsp3) is 0.875. The summed E-state index contributed by atoms with van der Waals surface area (Å²) in [5, 5.41) is 0. The lowest BCUT2D eigenvalue weighted by Crippen LogP contribution is -2.32. The molecule has 1 amide bonds. The molecule has 0 fully saturated rings. The van der Waals surface area contributed by atoms with Crippen LogP contribution in [-0.2, 0) is 4.79 Å². The van der Waals surface area contributed by atoms with E-state index in [0.717, 1.165) is 6.42 Å². The Morgan fingerprint density at radius 2 is 2.09 bits per heavy atom. The fourth-order valence-corrected chi connectivity index (χ4v) is 0.816. The van der Waals surface area contributed by atoms with Gasteiger partial charge in [0.2, 0.25) is 5.91 Å². The monoisotopic (exact) mass is 177 g/mol. The molecule has 0 aliphatic carbocycles. The molecule has 0 aliphatic heterocycles. The average Bonchev–Trinajstić information content (AvgIpc) is 1.98. The summed E-state index contributed by atoms with van der Waals surface area (Å²) in [6.45, 7) is 4.00. The van der Waals surface area contributed by atoms with Gasteiger partial charge in [-0.3, -0.25) is 4.79 Å². The third kappa shape index (κ3) is 4.25. The first-order valence-electron chi connectivity index (χ1n) is 3.91. The fourth-order valence-electron chi connectivity index (χ4n) is 0.682. The first kappa shape index (κ1) is 10.8. The zero-order valence-corrected chi connectivity index (χ0v) is 8.19. The van der Waals surface area contributed by atoms with Gasteiger partial charge in [0, 0.05) is 25.4 Å². The molecule has 3 heteroatoms. The first-order valence-corrected chi connectivity index (χ1v) is 4.44. The molecule has 0 aromatic rings. The Kier molecular flexibility index (Phi) is 5.30. The van der Waals surface area contributed by atoms with Crippen LogP contribution in [0, 0.1) is 0 Å². The number of carbonyl (C=O) groups is 1. The number of hydrogen-bond acceptors (Lipinski definition) is 1. The van der Waals surface area contributed by atoms with E-state index in [9.17, 15) is 4.79 Å². The van der Waals surface area contributed by atoms with Crippen LogP contribution in [0.4, 0.5) is 0 Å². The molecule has 0 aromatic heterocycles. The van der Waals surface area contributed by atoms with Crippen molar-refractivity contribution >= 4 is 17.5 Å². The number of amides is 1. The van der Waals surface area contributed by atoms with Gasteiger partial charge in [-0.15, -0.1) is 11.6 Å². The van der Waals surface area contributed by atoms with E-state index in [1.807, 2.05) is 20.9 Å². The van der Waals surface area contributed by atoms with E-state index in [-0.39, 0.29) is 11.9 Å². The Morgan fingerprint density at radius 3 is 2.45 bits per heavy atom. The highest BCUT2D eigenvalue weighted by atomic mass is 35.5. The van der Waals surface area contributed by atoms with Gasteiger partial charge in [-0.2, -0.15) is 0 Å². The molecule has 2 nitrogen and oxygen atoms in total. The number of rotatable bonds is 4. The molecular weight excluding hydrogens is 162 g/mol. The van der Waals surface area contributed by atoms with E-state index < -0.39 is 0 Å². The third-order valence-corrected chi connectivity index (χ3v) is 1.96. The third-order valence-electron chi connectivity index (χ3n) is 1.69. The topological polar surface area (TPSA) is 20.3 Å². The number of halogens is 1. The van der Waals surface area contributed by atoms with Gasteiger partial charge >= 0.3 is 0 Å². The Labute approximate surface area is 73.5 Å². The standard InChI is InChI=1S/C8H16ClNO/c1-7(2)10(3)8(11)5-4-6-9/h7H,4-6H2,1-3H3. The highest BCUT2D eigenvalue weighted by molar-refractivity contribution is 6.17. The van der Waals surface area contributed by atoms with Crippen molar-refractivity contribution in [3.8, 4) is 0 Å². The van der Waals surface area contributed by atoms with E-state index in [4.69, 9.17) is 11.6 Å². The quantitative estimate of drug-likeness (QED) is 0.601. The highest BCUT2D eigenvalue weighted by Crippen LogP contribution is 2.00. The Hall–Kier alpha value is -0.240. The number of alkyl halides is 1. The molecule has 0 saturated carbocycles. The van der Waals surface area contributed by atoms with Crippen molar-refractivity contribution < 1.29 is 4.79 Å². The molecule has 0 aromatic carbocycles. The number of hydrogen-bond donors (Lipinski definition) is 0. The summed E-state index contributed by atoms with van der Waals surface area (Å²) in [6, 6.07) is 0.290. The molecule has 0 N–H and O–H groups in total. The van der Waals surface area contributed by atoms with Gasteiger partial charge in [-0.25, -0.2) is 0 Å². The van der Waals surface area contributed by atoms with Crippen molar-refractivity contribution in [1.29, 1.82) is 0 Å². The van der Waals surface area contributed by atoms with Crippen LogP contribution in [-0.4, -0.2) is 29.8 Å². The maximum atomic E-state index is 11.2. The molecule has 0 bridgehead atoms.